The molecule has 3 rings (SSSR count). The van der Waals surface area contributed by atoms with E-state index >= 15 is 0 Å². The highest BCUT2D eigenvalue weighted by Crippen LogP contribution is 2.23. The first kappa shape index (κ1) is 18.7. The van der Waals surface area contributed by atoms with Gasteiger partial charge >= 0.3 is 12.1 Å². The van der Waals surface area contributed by atoms with Crippen LogP contribution in [0.25, 0.3) is 11.1 Å². The summed E-state index contributed by atoms with van der Waals surface area (Å²) >= 11 is 0. The number of hydrogen-bond acceptors (Lipinski definition) is 2. The van der Waals surface area contributed by atoms with Gasteiger partial charge in [0, 0.05) is 46.0 Å². The summed E-state index contributed by atoms with van der Waals surface area (Å²) in [7, 11) is 3.43. The van der Waals surface area contributed by atoms with Gasteiger partial charge in [-0.15, -0.1) is 0 Å². The number of nitrogens with zero attached hydrogens (tertiary/aromatic N) is 3. The number of carbonyl (C=O) groups excluding carboxylic acids is 2. The maximum atomic E-state index is 13.4. The number of piperazine rings is 1. The number of amides is 4. The Morgan fingerprint density at radius 2 is 1.52 bits per heavy atom. The first-order valence-corrected chi connectivity index (χ1v) is 8.82. The van der Waals surface area contributed by atoms with E-state index in [9.17, 15) is 14.0 Å². The average Bonchev–Trinajstić information content (AvgIpc) is 2.67. The largest absolute Gasteiger partial charge is 0.331 e. The van der Waals surface area contributed by atoms with Crippen LogP contribution in [0.1, 0.15) is 0 Å². The van der Waals surface area contributed by atoms with Crippen LogP contribution in [0.2, 0.25) is 0 Å². The highest BCUT2D eigenvalue weighted by molar-refractivity contribution is 5.90. The van der Waals surface area contributed by atoms with E-state index in [1.165, 1.54) is 17.0 Å². The zero-order chi connectivity index (χ0) is 19.4. The van der Waals surface area contributed by atoms with Gasteiger partial charge < -0.3 is 20.0 Å². The second kappa shape index (κ2) is 8.07. The van der Waals surface area contributed by atoms with E-state index < -0.39 is 0 Å². The van der Waals surface area contributed by atoms with E-state index in [2.05, 4.69) is 5.32 Å². The van der Waals surface area contributed by atoms with E-state index in [4.69, 9.17) is 0 Å². The van der Waals surface area contributed by atoms with Crippen molar-refractivity contribution < 1.29 is 14.0 Å². The SMILES string of the molecule is CN(C)C(=O)N1CCN(C(=O)Nc2cccc(-c3cccc(F)c3)c2)CC1. The smallest absolute Gasteiger partial charge is 0.321 e. The summed E-state index contributed by atoms with van der Waals surface area (Å²) in [6.07, 6.45) is 0. The van der Waals surface area contributed by atoms with E-state index in [1.54, 1.807) is 36.0 Å². The Morgan fingerprint density at radius 3 is 2.15 bits per heavy atom. The molecule has 1 aliphatic rings. The van der Waals surface area contributed by atoms with Crippen LogP contribution in [0.15, 0.2) is 48.5 Å². The Hall–Kier alpha value is -3.09. The number of hydrogen-bond donors (Lipinski definition) is 1. The first-order chi connectivity index (χ1) is 12.9. The average molecular weight is 370 g/mol. The lowest BCUT2D eigenvalue weighted by Crippen LogP contribution is -2.53. The number of urea groups is 2. The molecule has 27 heavy (non-hydrogen) atoms. The fourth-order valence-corrected chi connectivity index (χ4v) is 3.03. The van der Waals surface area contributed by atoms with Crippen molar-refractivity contribution in [2.45, 2.75) is 0 Å². The summed E-state index contributed by atoms with van der Waals surface area (Å²) in [5.74, 6) is -0.299. The normalized spacial score (nSPS) is 14.0. The van der Waals surface area contributed by atoms with Crippen LogP contribution in [-0.4, -0.2) is 67.0 Å². The van der Waals surface area contributed by atoms with Gasteiger partial charge in [-0.2, -0.15) is 0 Å². The molecule has 0 atom stereocenters. The second-order valence-corrected chi connectivity index (χ2v) is 6.67. The number of halogens is 1. The van der Waals surface area contributed by atoms with Gasteiger partial charge in [0.2, 0.25) is 0 Å². The molecule has 0 spiro atoms. The molecule has 0 saturated carbocycles. The summed E-state index contributed by atoms with van der Waals surface area (Å²) in [4.78, 5) is 29.4. The van der Waals surface area contributed by atoms with Crippen molar-refractivity contribution in [2.24, 2.45) is 0 Å². The maximum absolute atomic E-state index is 13.4. The number of benzene rings is 2. The highest BCUT2D eigenvalue weighted by Gasteiger charge is 2.24. The van der Waals surface area contributed by atoms with Crippen molar-refractivity contribution in [3.8, 4) is 11.1 Å². The Labute approximate surface area is 158 Å². The first-order valence-electron chi connectivity index (χ1n) is 8.82. The van der Waals surface area contributed by atoms with Gasteiger partial charge in [-0.3, -0.25) is 0 Å². The predicted molar refractivity (Wildman–Crippen MR) is 103 cm³/mol. The lowest BCUT2D eigenvalue weighted by Gasteiger charge is -2.35. The minimum absolute atomic E-state index is 0.0437. The molecule has 1 N–H and O–H groups in total. The molecule has 4 amide bonds. The van der Waals surface area contributed by atoms with Gasteiger partial charge in [0.15, 0.2) is 0 Å². The topological polar surface area (TPSA) is 55.9 Å². The van der Waals surface area contributed by atoms with Crippen molar-refractivity contribution in [3.63, 3.8) is 0 Å². The molecule has 1 saturated heterocycles. The molecule has 2 aromatic carbocycles. The summed E-state index contributed by atoms with van der Waals surface area (Å²) < 4.78 is 13.4. The van der Waals surface area contributed by atoms with Gasteiger partial charge in [-0.1, -0.05) is 24.3 Å². The Bertz CT molecular complexity index is 832. The number of rotatable bonds is 2. The van der Waals surface area contributed by atoms with Gasteiger partial charge in [0.1, 0.15) is 5.82 Å². The van der Waals surface area contributed by atoms with Crippen molar-refractivity contribution in [3.05, 3.63) is 54.3 Å². The molecule has 0 bridgehead atoms. The van der Waals surface area contributed by atoms with Crippen molar-refractivity contribution in [1.82, 2.24) is 14.7 Å². The molecular formula is C20H23FN4O2. The molecule has 6 nitrogen and oxygen atoms in total. The fraction of sp³-hybridized carbons (Fsp3) is 0.300. The summed E-state index contributed by atoms with van der Waals surface area (Å²) in [5.41, 5.74) is 2.23. The summed E-state index contributed by atoms with van der Waals surface area (Å²) in [6.45, 7) is 1.98. The lowest BCUT2D eigenvalue weighted by atomic mass is 10.1. The minimum atomic E-state index is -0.299. The molecule has 0 aromatic heterocycles. The maximum Gasteiger partial charge on any atom is 0.321 e. The van der Waals surface area contributed by atoms with Crippen LogP contribution in [0.5, 0.6) is 0 Å². The van der Waals surface area contributed by atoms with Crippen LogP contribution in [0, 0.1) is 5.82 Å². The molecule has 2 aromatic rings. The number of carbonyl (C=O) groups is 2. The molecule has 0 radical (unpaired) electrons. The van der Waals surface area contributed by atoms with Crippen LogP contribution < -0.4 is 5.32 Å². The second-order valence-electron chi connectivity index (χ2n) is 6.67. The standard InChI is InChI=1S/C20H23FN4O2/c1-23(2)20(27)25-11-9-24(10-12-25)19(26)22-18-8-4-6-16(14-18)15-5-3-7-17(21)13-15/h3-8,13-14H,9-12H2,1-2H3,(H,22,26). The number of nitrogens with one attached hydrogen (secondary N) is 1. The molecule has 7 heteroatoms. The van der Waals surface area contributed by atoms with Crippen molar-refractivity contribution >= 4 is 17.7 Å². The molecule has 142 valence electrons. The van der Waals surface area contributed by atoms with E-state index in [-0.39, 0.29) is 17.9 Å². The predicted octanol–water partition coefficient (Wildman–Crippen LogP) is 3.32. The third-order valence-corrected chi connectivity index (χ3v) is 4.49. The van der Waals surface area contributed by atoms with Gasteiger partial charge in [-0.25, -0.2) is 14.0 Å². The Kier molecular flexibility index (Phi) is 5.59. The Balaban J connectivity index is 1.62. The van der Waals surface area contributed by atoms with Gasteiger partial charge in [-0.05, 0) is 35.4 Å². The molecule has 1 aliphatic heterocycles. The van der Waals surface area contributed by atoms with E-state index in [0.717, 1.165) is 11.1 Å². The highest BCUT2D eigenvalue weighted by atomic mass is 19.1. The van der Waals surface area contributed by atoms with E-state index in [0.29, 0.717) is 31.9 Å². The molecular weight excluding hydrogens is 347 g/mol. The van der Waals surface area contributed by atoms with Gasteiger partial charge in [0.25, 0.3) is 0 Å². The van der Waals surface area contributed by atoms with Crippen LogP contribution >= 0.6 is 0 Å². The third kappa shape index (κ3) is 4.55. The van der Waals surface area contributed by atoms with Crippen molar-refractivity contribution in [2.75, 3.05) is 45.6 Å². The monoisotopic (exact) mass is 370 g/mol. The summed E-state index contributed by atoms with van der Waals surface area (Å²) in [5, 5.41) is 2.88. The fourth-order valence-electron chi connectivity index (χ4n) is 3.03. The molecule has 1 heterocycles. The minimum Gasteiger partial charge on any atom is -0.331 e. The van der Waals surface area contributed by atoms with Crippen molar-refractivity contribution in [1.29, 1.82) is 0 Å². The molecule has 0 unspecified atom stereocenters. The Morgan fingerprint density at radius 1 is 0.926 bits per heavy atom. The zero-order valence-electron chi connectivity index (χ0n) is 15.5. The van der Waals surface area contributed by atoms with Crippen LogP contribution in [-0.2, 0) is 0 Å². The zero-order valence-corrected chi connectivity index (χ0v) is 15.5. The van der Waals surface area contributed by atoms with Crippen LogP contribution in [0.4, 0.5) is 19.7 Å². The molecule has 1 fully saturated rings. The third-order valence-electron chi connectivity index (χ3n) is 4.49. The number of anilines is 1. The van der Waals surface area contributed by atoms with Crippen LogP contribution in [0.3, 0.4) is 0 Å². The van der Waals surface area contributed by atoms with E-state index in [1.807, 2.05) is 24.3 Å². The lowest BCUT2D eigenvalue weighted by molar-refractivity contribution is 0.133. The quantitative estimate of drug-likeness (QED) is 0.882. The summed E-state index contributed by atoms with van der Waals surface area (Å²) in [6, 6.07) is 13.4. The van der Waals surface area contributed by atoms with Gasteiger partial charge in [0.05, 0.1) is 0 Å². The molecule has 0 aliphatic carbocycles.